The van der Waals surface area contributed by atoms with Crippen LogP contribution in [0.15, 0.2) is 36.5 Å². The number of pyridine rings is 1. The second kappa shape index (κ2) is 7.67. The van der Waals surface area contributed by atoms with Crippen molar-refractivity contribution in [1.29, 1.82) is 0 Å². The lowest BCUT2D eigenvalue weighted by Crippen LogP contribution is -2.22. The summed E-state index contributed by atoms with van der Waals surface area (Å²) in [5.41, 5.74) is 2.38. The molecule has 0 aliphatic carbocycles. The van der Waals surface area contributed by atoms with Crippen LogP contribution >= 0.6 is 0 Å². The fourth-order valence-electron chi connectivity index (χ4n) is 2.42. The second-order valence-corrected chi connectivity index (χ2v) is 5.06. The third kappa shape index (κ3) is 3.82. The number of fused-ring (bicyclic) bond motifs is 1. The maximum atomic E-state index is 5.35. The highest BCUT2D eigenvalue weighted by Gasteiger charge is 2.10. The maximum absolute atomic E-state index is 5.35. The van der Waals surface area contributed by atoms with Gasteiger partial charge >= 0.3 is 0 Å². The van der Waals surface area contributed by atoms with Gasteiger partial charge in [0.25, 0.3) is 0 Å². The molecule has 1 aromatic heterocycles. The number of rotatable bonds is 7. The van der Waals surface area contributed by atoms with Crippen molar-refractivity contribution in [3.05, 3.63) is 42.1 Å². The van der Waals surface area contributed by atoms with Gasteiger partial charge in [-0.1, -0.05) is 19.1 Å². The molecule has 1 aromatic carbocycles. The van der Waals surface area contributed by atoms with E-state index in [9.17, 15) is 0 Å². The van der Waals surface area contributed by atoms with Crippen molar-refractivity contribution in [3.63, 3.8) is 0 Å². The number of nitrogens with one attached hydrogen (secondary N) is 1. The van der Waals surface area contributed by atoms with Crippen molar-refractivity contribution in [3.8, 4) is 12.3 Å². The SMILES string of the molecule is C#CCCCC(NCCC)c1ccc2ncccc2c1. The predicted molar refractivity (Wildman–Crippen MR) is 85.5 cm³/mol. The standard InChI is InChI=1S/C18H22N2/c1-3-5-6-9-17(19-12-4-2)16-10-11-18-15(14-16)8-7-13-20-18/h1,7-8,10-11,13-14,17,19H,4-6,9,12H2,2H3. The zero-order valence-corrected chi connectivity index (χ0v) is 12.1. The Balaban J connectivity index is 2.18. The van der Waals surface area contributed by atoms with Gasteiger partial charge in [-0.2, -0.15) is 0 Å². The van der Waals surface area contributed by atoms with Crippen molar-refractivity contribution in [2.45, 2.75) is 38.6 Å². The van der Waals surface area contributed by atoms with E-state index in [2.05, 4.69) is 47.4 Å². The summed E-state index contributed by atoms with van der Waals surface area (Å²) in [6.45, 7) is 3.22. The lowest BCUT2D eigenvalue weighted by Gasteiger charge is -2.19. The summed E-state index contributed by atoms with van der Waals surface area (Å²) in [5, 5.41) is 4.82. The molecular formula is C18H22N2. The first-order chi connectivity index (χ1) is 9.85. The first kappa shape index (κ1) is 14.6. The average Bonchev–Trinajstić information content (AvgIpc) is 2.50. The van der Waals surface area contributed by atoms with Crippen molar-refractivity contribution in [1.82, 2.24) is 10.3 Å². The van der Waals surface area contributed by atoms with Gasteiger partial charge < -0.3 is 5.32 Å². The van der Waals surface area contributed by atoms with E-state index in [1.807, 2.05) is 12.3 Å². The van der Waals surface area contributed by atoms with Crippen LogP contribution in [0.1, 0.15) is 44.2 Å². The normalized spacial score (nSPS) is 12.2. The van der Waals surface area contributed by atoms with Gasteiger partial charge in [0.1, 0.15) is 0 Å². The number of unbranched alkanes of at least 4 members (excludes halogenated alkanes) is 1. The van der Waals surface area contributed by atoms with Crippen molar-refractivity contribution >= 4 is 10.9 Å². The third-order valence-electron chi connectivity index (χ3n) is 3.48. The van der Waals surface area contributed by atoms with Gasteiger partial charge in [0.05, 0.1) is 5.52 Å². The Bertz CT molecular complexity index is 583. The summed E-state index contributed by atoms with van der Waals surface area (Å²) < 4.78 is 0. The van der Waals surface area contributed by atoms with Gasteiger partial charge in [0, 0.05) is 24.0 Å². The van der Waals surface area contributed by atoms with E-state index in [0.717, 1.165) is 37.7 Å². The number of nitrogens with zero attached hydrogens (tertiary/aromatic N) is 1. The smallest absolute Gasteiger partial charge is 0.0702 e. The highest BCUT2D eigenvalue weighted by molar-refractivity contribution is 5.79. The lowest BCUT2D eigenvalue weighted by atomic mass is 9.99. The van der Waals surface area contributed by atoms with E-state index in [1.54, 1.807) is 0 Å². The topological polar surface area (TPSA) is 24.9 Å². The molecule has 1 atom stereocenters. The Labute approximate surface area is 121 Å². The van der Waals surface area contributed by atoms with Gasteiger partial charge in [-0.25, -0.2) is 0 Å². The van der Waals surface area contributed by atoms with E-state index < -0.39 is 0 Å². The van der Waals surface area contributed by atoms with Crippen LogP contribution in [0.4, 0.5) is 0 Å². The van der Waals surface area contributed by atoms with E-state index in [0.29, 0.717) is 6.04 Å². The molecule has 0 fully saturated rings. The van der Waals surface area contributed by atoms with Crippen LogP contribution in [-0.4, -0.2) is 11.5 Å². The van der Waals surface area contributed by atoms with Crippen LogP contribution in [0, 0.1) is 12.3 Å². The highest BCUT2D eigenvalue weighted by atomic mass is 14.9. The molecule has 2 nitrogen and oxygen atoms in total. The molecule has 0 saturated heterocycles. The summed E-state index contributed by atoms with van der Waals surface area (Å²) in [6, 6.07) is 11.0. The summed E-state index contributed by atoms with van der Waals surface area (Å²) >= 11 is 0. The fourth-order valence-corrected chi connectivity index (χ4v) is 2.42. The number of aromatic nitrogens is 1. The highest BCUT2D eigenvalue weighted by Crippen LogP contribution is 2.23. The van der Waals surface area contributed by atoms with E-state index in [4.69, 9.17) is 6.42 Å². The first-order valence-electron chi connectivity index (χ1n) is 7.36. The summed E-state index contributed by atoms with van der Waals surface area (Å²) in [6.07, 6.45) is 11.3. The molecule has 1 heterocycles. The molecule has 104 valence electrons. The van der Waals surface area contributed by atoms with Crippen LogP contribution < -0.4 is 5.32 Å². The zero-order chi connectivity index (χ0) is 14.2. The molecule has 1 N–H and O–H groups in total. The minimum Gasteiger partial charge on any atom is -0.310 e. The molecule has 0 aliphatic rings. The number of hydrogen-bond donors (Lipinski definition) is 1. The fraction of sp³-hybridized carbons (Fsp3) is 0.389. The predicted octanol–water partition coefficient (Wildman–Crippen LogP) is 4.08. The average molecular weight is 266 g/mol. The van der Waals surface area contributed by atoms with Crippen LogP contribution in [0.3, 0.4) is 0 Å². The molecule has 0 aliphatic heterocycles. The van der Waals surface area contributed by atoms with Gasteiger partial charge in [0.15, 0.2) is 0 Å². The van der Waals surface area contributed by atoms with E-state index >= 15 is 0 Å². The van der Waals surface area contributed by atoms with Crippen LogP contribution in [0.5, 0.6) is 0 Å². The van der Waals surface area contributed by atoms with Gasteiger partial charge in [-0.05, 0) is 49.6 Å². The lowest BCUT2D eigenvalue weighted by molar-refractivity contribution is 0.488. The van der Waals surface area contributed by atoms with Crippen molar-refractivity contribution < 1.29 is 0 Å². The summed E-state index contributed by atoms with van der Waals surface area (Å²) in [7, 11) is 0. The Morgan fingerprint density at radius 1 is 1.35 bits per heavy atom. The third-order valence-corrected chi connectivity index (χ3v) is 3.48. The first-order valence-corrected chi connectivity index (χ1v) is 7.36. The molecule has 2 aromatic rings. The molecule has 0 amide bonds. The van der Waals surface area contributed by atoms with Crippen LogP contribution in [-0.2, 0) is 0 Å². The van der Waals surface area contributed by atoms with Crippen molar-refractivity contribution in [2.24, 2.45) is 0 Å². The van der Waals surface area contributed by atoms with Crippen LogP contribution in [0.25, 0.3) is 10.9 Å². The summed E-state index contributed by atoms with van der Waals surface area (Å²) in [5.74, 6) is 2.72. The molecule has 0 spiro atoms. The van der Waals surface area contributed by atoms with Crippen molar-refractivity contribution in [2.75, 3.05) is 6.54 Å². The second-order valence-electron chi connectivity index (χ2n) is 5.06. The van der Waals surface area contributed by atoms with E-state index in [-0.39, 0.29) is 0 Å². The molecule has 0 radical (unpaired) electrons. The Morgan fingerprint density at radius 3 is 3.05 bits per heavy atom. The number of hydrogen-bond acceptors (Lipinski definition) is 2. The van der Waals surface area contributed by atoms with Gasteiger partial charge in [0.2, 0.25) is 0 Å². The Hall–Kier alpha value is -1.85. The van der Waals surface area contributed by atoms with Crippen LogP contribution in [0.2, 0.25) is 0 Å². The molecule has 20 heavy (non-hydrogen) atoms. The Morgan fingerprint density at radius 2 is 2.25 bits per heavy atom. The summed E-state index contributed by atoms with van der Waals surface area (Å²) in [4.78, 5) is 4.37. The van der Waals surface area contributed by atoms with Gasteiger partial charge in [-0.15, -0.1) is 12.3 Å². The minimum atomic E-state index is 0.382. The Kier molecular flexibility index (Phi) is 5.58. The molecular weight excluding hydrogens is 244 g/mol. The molecule has 2 rings (SSSR count). The minimum absolute atomic E-state index is 0.382. The molecule has 0 bridgehead atoms. The zero-order valence-electron chi connectivity index (χ0n) is 12.1. The maximum Gasteiger partial charge on any atom is 0.0702 e. The van der Waals surface area contributed by atoms with Gasteiger partial charge in [-0.3, -0.25) is 4.98 Å². The monoisotopic (exact) mass is 266 g/mol. The molecule has 0 saturated carbocycles. The number of benzene rings is 1. The largest absolute Gasteiger partial charge is 0.310 e. The molecule has 1 unspecified atom stereocenters. The van der Waals surface area contributed by atoms with E-state index in [1.165, 1.54) is 10.9 Å². The quantitative estimate of drug-likeness (QED) is 0.603. The number of terminal acetylenes is 1. The molecule has 2 heteroatoms.